The Labute approximate surface area is 123 Å². The number of rotatable bonds is 4. The number of phenolic OH excluding ortho intramolecular Hbond substituents is 1. The third-order valence-corrected chi connectivity index (χ3v) is 2.82. The Kier molecular flexibility index (Phi) is 4.25. The molecule has 116 valence electrons. The number of benzene rings is 2. The maximum Gasteiger partial charge on any atom is 0.573 e. The lowest BCUT2D eigenvalue weighted by Gasteiger charge is -2.10. The van der Waals surface area contributed by atoms with Crippen molar-refractivity contribution in [3.63, 3.8) is 0 Å². The first-order valence-corrected chi connectivity index (χ1v) is 6.14. The van der Waals surface area contributed by atoms with Gasteiger partial charge in [0.1, 0.15) is 11.5 Å². The van der Waals surface area contributed by atoms with E-state index < -0.39 is 12.3 Å². The van der Waals surface area contributed by atoms with Crippen LogP contribution in [-0.4, -0.2) is 22.5 Å². The molecule has 0 aliphatic carbocycles. The highest BCUT2D eigenvalue weighted by molar-refractivity contribution is 5.75. The minimum Gasteiger partial charge on any atom is -0.507 e. The second-order valence-electron chi connectivity index (χ2n) is 4.49. The average Bonchev–Trinajstić information content (AvgIpc) is 2.40. The normalized spacial score (nSPS) is 11.2. The molecule has 0 aromatic heterocycles. The summed E-state index contributed by atoms with van der Waals surface area (Å²) < 4.78 is 40.0. The molecule has 0 amide bonds. The molecule has 0 radical (unpaired) electrons. The van der Waals surface area contributed by atoms with Gasteiger partial charge in [-0.2, -0.15) is 0 Å². The predicted molar refractivity (Wildman–Crippen MR) is 71.6 cm³/mol. The number of halogens is 3. The van der Waals surface area contributed by atoms with Gasteiger partial charge in [-0.05, 0) is 35.4 Å². The lowest BCUT2D eigenvalue weighted by atomic mass is 10.0. The number of hydrogen-bond acceptors (Lipinski definition) is 3. The molecule has 0 saturated heterocycles. The molecule has 2 aromatic carbocycles. The maximum absolute atomic E-state index is 12.1. The van der Waals surface area contributed by atoms with Gasteiger partial charge in [0.25, 0.3) is 0 Å². The zero-order chi connectivity index (χ0) is 16.3. The van der Waals surface area contributed by atoms with E-state index in [1.54, 1.807) is 0 Å². The monoisotopic (exact) mass is 312 g/mol. The van der Waals surface area contributed by atoms with Gasteiger partial charge in [-0.25, -0.2) is 0 Å². The van der Waals surface area contributed by atoms with E-state index in [0.29, 0.717) is 16.7 Å². The first-order chi connectivity index (χ1) is 10.2. The highest BCUT2D eigenvalue weighted by Gasteiger charge is 2.30. The van der Waals surface area contributed by atoms with E-state index in [-0.39, 0.29) is 17.9 Å². The van der Waals surface area contributed by atoms with Crippen LogP contribution >= 0.6 is 0 Å². The fourth-order valence-corrected chi connectivity index (χ4v) is 1.94. The largest absolute Gasteiger partial charge is 0.573 e. The zero-order valence-corrected chi connectivity index (χ0v) is 11.1. The molecule has 0 saturated carbocycles. The Hall–Kier alpha value is -2.70. The molecule has 0 heterocycles. The Morgan fingerprint density at radius 3 is 2.27 bits per heavy atom. The number of aliphatic carboxylic acids is 1. The van der Waals surface area contributed by atoms with Crippen LogP contribution in [0.25, 0.3) is 11.1 Å². The summed E-state index contributed by atoms with van der Waals surface area (Å²) in [5, 5.41) is 18.6. The molecule has 0 fully saturated rings. The summed E-state index contributed by atoms with van der Waals surface area (Å²) in [6, 6.07) is 9.21. The number of carboxylic acids is 1. The molecule has 2 aromatic rings. The third-order valence-electron chi connectivity index (χ3n) is 2.82. The van der Waals surface area contributed by atoms with E-state index in [9.17, 15) is 23.1 Å². The molecule has 0 aliphatic rings. The second kappa shape index (κ2) is 5.97. The van der Waals surface area contributed by atoms with Crippen molar-refractivity contribution < 1.29 is 32.9 Å². The van der Waals surface area contributed by atoms with Gasteiger partial charge < -0.3 is 14.9 Å². The highest BCUT2D eigenvalue weighted by Crippen LogP contribution is 2.32. The number of carbonyl (C=O) groups is 1. The van der Waals surface area contributed by atoms with Gasteiger partial charge in [0.05, 0.1) is 6.42 Å². The van der Waals surface area contributed by atoms with Crippen LogP contribution < -0.4 is 4.74 Å². The molecule has 2 rings (SSSR count). The van der Waals surface area contributed by atoms with E-state index >= 15 is 0 Å². The average molecular weight is 312 g/mol. The van der Waals surface area contributed by atoms with Crippen molar-refractivity contribution in [2.45, 2.75) is 12.8 Å². The van der Waals surface area contributed by atoms with Gasteiger partial charge in [-0.3, -0.25) is 4.79 Å². The number of alkyl halides is 3. The summed E-state index contributed by atoms with van der Waals surface area (Å²) in [6.45, 7) is 0. The molecule has 2 N–H and O–H groups in total. The number of aromatic hydroxyl groups is 1. The van der Waals surface area contributed by atoms with Crippen LogP contribution in [0.5, 0.6) is 11.5 Å². The molecule has 0 aliphatic heterocycles. The van der Waals surface area contributed by atoms with Crippen LogP contribution in [0.1, 0.15) is 5.56 Å². The van der Waals surface area contributed by atoms with Crippen LogP contribution in [-0.2, 0) is 11.2 Å². The van der Waals surface area contributed by atoms with Gasteiger partial charge in [-0.1, -0.05) is 18.2 Å². The lowest BCUT2D eigenvalue weighted by molar-refractivity contribution is -0.274. The Morgan fingerprint density at radius 2 is 1.73 bits per heavy atom. The van der Waals surface area contributed by atoms with Crippen molar-refractivity contribution >= 4 is 5.97 Å². The zero-order valence-electron chi connectivity index (χ0n) is 11.1. The topological polar surface area (TPSA) is 66.8 Å². The van der Waals surface area contributed by atoms with Crippen molar-refractivity contribution in [2.75, 3.05) is 0 Å². The van der Waals surface area contributed by atoms with Crippen LogP contribution in [0.3, 0.4) is 0 Å². The van der Waals surface area contributed by atoms with Crippen molar-refractivity contribution in [3.05, 3.63) is 48.0 Å². The molecule has 22 heavy (non-hydrogen) atoms. The quantitative estimate of drug-likeness (QED) is 0.905. The molecular formula is C15H11F3O4. The molecule has 0 atom stereocenters. The summed E-state index contributed by atoms with van der Waals surface area (Å²) in [6.07, 6.45) is -4.99. The number of carboxylic acid groups (broad SMARTS) is 1. The second-order valence-corrected chi connectivity index (χ2v) is 4.49. The molecule has 4 nitrogen and oxygen atoms in total. The first kappa shape index (κ1) is 15.7. The highest BCUT2D eigenvalue weighted by atomic mass is 19.4. The minimum absolute atomic E-state index is 0.0985. The molecule has 7 heteroatoms. The van der Waals surface area contributed by atoms with Gasteiger partial charge in [0, 0.05) is 5.56 Å². The van der Waals surface area contributed by atoms with Gasteiger partial charge in [0.15, 0.2) is 0 Å². The number of phenols is 1. The van der Waals surface area contributed by atoms with Crippen LogP contribution in [0, 0.1) is 0 Å². The van der Waals surface area contributed by atoms with Crippen LogP contribution in [0.4, 0.5) is 13.2 Å². The number of hydrogen-bond donors (Lipinski definition) is 2. The van der Waals surface area contributed by atoms with E-state index in [0.717, 1.165) is 12.1 Å². The standard InChI is InChI=1S/C15H11F3O4/c16-15(17,18)22-11-4-2-10(3-5-11)12-7-9(8-14(20)21)1-6-13(12)19/h1-7,19H,8H2,(H,20,21). The van der Waals surface area contributed by atoms with Crippen LogP contribution in [0.2, 0.25) is 0 Å². The third kappa shape index (κ3) is 4.15. The van der Waals surface area contributed by atoms with Crippen molar-refractivity contribution in [1.82, 2.24) is 0 Å². The smallest absolute Gasteiger partial charge is 0.507 e. The van der Waals surface area contributed by atoms with E-state index in [2.05, 4.69) is 4.74 Å². The minimum atomic E-state index is -4.77. The van der Waals surface area contributed by atoms with E-state index in [4.69, 9.17) is 5.11 Å². The van der Waals surface area contributed by atoms with E-state index in [1.165, 1.54) is 30.3 Å². The van der Waals surface area contributed by atoms with Gasteiger partial charge in [-0.15, -0.1) is 13.2 Å². The lowest BCUT2D eigenvalue weighted by Crippen LogP contribution is -2.16. The Balaban J connectivity index is 2.29. The predicted octanol–water partition coefficient (Wildman–Crippen LogP) is 3.58. The van der Waals surface area contributed by atoms with Crippen molar-refractivity contribution in [2.24, 2.45) is 0 Å². The fourth-order valence-electron chi connectivity index (χ4n) is 1.94. The molecular weight excluding hydrogens is 301 g/mol. The van der Waals surface area contributed by atoms with Gasteiger partial charge in [0.2, 0.25) is 0 Å². The van der Waals surface area contributed by atoms with E-state index in [1.807, 2.05) is 0 Å². The number of ether oxygens (including phenoxy) is 1. The first-order valence-electron chi connectivity index (χ1n) is 6.14. The summed E-state index contributed by atoms with van der Waals surface area (Å²) in [4.78, 5) is 10.7. The van der Waals surface area contributed by atoms with Gasteiger partial charge >= 0.3 is 12.3 Å². The SMILES string of the molecule is O=C(O)Cc1ccc(O)c(-c2ccc(OC(F)(F)F)cc2)c1. The maximum atomic E-state index is 12.1. The summed E-state index contributed by atoms with van der Waals surface area (Å²) in [7, 11) is 0. The Bertz CT molecular complexity index is 678. The fraction of sp³-hybridized carbons (Fsp3) is 0.133. The summed E-state index contributed by atoms with van der Waals surface area (Å²) >= 11 is 0. The Morgan fingerprint density at radius 1 is 1.09 bits per heavy atom. The molecule has 0 spiro atoms. The van der Waals surface area contributed by atoms with Crippen LogP contribution in [0.15, 0.2) is 42.5 Å². The molecule has 0 bridgehead atoms. The van der Waals surface area contributed by atoms with Crippen molar-refractivity contribution in [1.29, 1.82) is 0 Å². The molecule has 0 unspecified atom stereocenters. The summed E-state index contributed by atoms with van der Waals surface area (Å²) in [5.41, 5.74) is 1.24. The van der Waals surface area contributed by atoms with Crippen molar-refractivity contribution in [3.8, 4) is 22.6 Å². The summed E-state index contributed by atoms with van der Waals surface area (Å²) in [5.74, 6) is -1.50.